The van der Waals surface area contributed by atoms with Crippen LogP contribution in [0.25, 0.3) is 0 Å². The van der Waals surface area contributed by atoms with E-state index < -0.39 is 14.9 Å². The standard InChI is InChI=1S/C13H19N3O4S/c1-9-6-12(7-13(10(9)2)16(17)18)21(19,20)15-11-4-3-5-14-8-11/h6-7,11,14-15H,3-5,8H2,1-2H3/t11-/m0/s1. The van der Waals surface area contributed by atoms with Crippen molar-refractivity contribution in [1.29, 1.82) is 0 Å². The second-order valence-electron chi connectivity index (χ2n) is 5.31. The Hall–Kier alpha value is -1.51. The molecule has 2 rings (SSSR count). The van der Waals surface area contributed by atoms with Crippen LogP contribution in [0.2, 0.25) is 0 Å². The number of nitro benzene ring substituents is 1. The molecule has 0 radical (unpaired) electrons. The molecular weight excluding hydrogens is 294 g/mol. The highest BCUT2D eigenvalue weighted by Crippen LogP contribution is 2.26. The molecule has 1 aromatic carbocycles. The van der Waals surface area contributed by atoms with Crippen LogP contribution in [0.3, 0.4) is 0 Å². The number of nitrogens with zero attached hydrogens (tertiary/aromatic N) is 1. The number of hydrogen-bond donors (Lipinski definition) is 2. The summed E-state index contributed by atoms with van der Waals surface area (Å²) in [6, 6.07) is 2.42. The second kappa shape index (κ2) is 6.08. The van der Waals surface area contributed by atoms with Crippen molar-refractivity contribution in [2.45, 2.75) is 37.6 Å². The van der Waals surface area contributed by atoms with Crippen LogP contribution in [-0.2, 0) is 10.0 Å². The maximum atomic E-state index is 12.4. The van der Waals surface area contributed by atoms with E-state index in [4.69, 9.17) is 0 Å². The van der Waals surface area contributed by atoms with Gasteiger partial charge in [0.15, 0.2) is 0 Å². The van der Waals surface area contributed by atoms with Crippen LogP contribution in [0.1, 0.15) is 24.0 Å². The molecule has 1 heterocycles. The zero-order valence-electron chi connectivity index (χ0n) is 12.0. The highest BCUT2D eigenvalue weighted by atomic mass is 32.2. The fourth-order valence-corrected chi connectivity index (χ4v) is 3.77. The third-order valence-corrected chi connectivity index (χ3v) is 5.24. The molecule has 0 saturated carbocycles. The van der Waals surface area contributed by atoms with Gasteiger partial charge in [0.25, 0.3) is 5.69 Å². The van der Waals surface area contributed by atoms with E-state index in [0.29, 0.717) is 17.7 Å². The Kier molecular flexibility index (Phi) is 4.60. The van der Waals surface area contributed by atoms with E-state index in [-0.39, 0.29) is 16.6 Å². The number of nitro groups is 1. The smallest absolute Gasteiger partial charge is 0.273 e. The van der Waals surface area contributed by atoms with Gasteiger partial charge in [-0.2, -0.15) is 0 Å². The van der Waals surface area contributed by atoms with Gasteiger partial charge in [-0.05, 0) is 44.9 Å². The fourth-order valence-electron chi connectivity index (χ4n) is 2.39. The molecule has 2 N–H and O–H groups in total. The van der Waals surface area contributed by atoms with Crippen molar-refractivity contribution in [2.24, 2.45) is 0 Å². The molecule has 1 aliphatic heterocycles. The van der Waals surface area contributed by atoms with Crippen molar-refractivity contribution < 1.29 is 13.3 Å². The molecule has 0 aliphatic carbocycles. The van der Waals surface area contributed by atoms with Gasteiger partial charge in [0, 0.05) is 24.2 Å². The summed E-state index contributed by atoms with van der Waals surface area (Å²) in [6.45, 7) is 4.74. The molecule has 0 amide bonds. The lowest BCUT2D eigenvalue weighted by Crippen LogP contribution is -2.45. The van der Waals surface area contributed by atoms with Crippen LogP contribution in [0.5, 0.6) is 0 Å². The Morgan fingerprint density at radius 2 is 2.10 bits per heavy atom. The second-order valence-corrected chi connectivity index (χ2v) is 7.02. The number of benzene rings is 1. The molecule has 0 bridgehead atoms. The molecule has 1 atom stereocenters. The summed E-state index contributed by atoms with van der Waals surface area (Å²) in [5, 5.41) is 14.1. The largest absolute Gasteiger partial charge is 0.315 e. The Bertz CT molecular complexity index is 652. The van der Waals surface area contributed by atoms with Crippen molar-refractivity contribution >= 4 is 15.7 Å². The van der Waals surface area contributed by atoms with Crippen molar-refractivity contribution in [3.8, 4) is 0 Å². The maximum Gasteiger partial charge on any atom is 0.273 e. The third-order valence-electron chi connectivity index (χ3n) is 3.74. The first-order valence-corrected chi connectivity index (χ1v) is 8.28. The van der Waals surface area contributed by atoms with Crippen LogP contribution >= 0.6 is 0 Å². The molecule has 0 unspecified atom stereocenters. The first kappa shape index (κ1) is 15.9. The molecule has 1 fully saturated rings. The van der Waals surface area contributed by atoms with E-state index in [1.165, 1.54) is 6.07 Å². The summed E-state index contributed by atoms with van der Waals surface area (Å²) in [6.07, 6.45) is 1.67. The minimum atomic E-state index is -3.75. The number of hydrogen-bond acceptors (Lipinski definition) is 5. The predicted molar refractivity (Wildman–Crippen MR) is 78.8 cm³/mol. The molecule has 0 aromatic heterocycles. The van der Waals surface area contributed by atoms with E-state index >= 15 is 0 Å². The van der Waals surface area contributed by atoms with Gasteiger partial charge in [0.2, 0.25) is 10.0 Å². The molecule has 21 heavy (non-hydrogen) atoms. The first-order valence-electron chi connectivity index (χ1n) is 6.80. The summed E-state index contributed by atoms with van der Waals surface area (Å²) in [7, 11) is -3.75. The lowest BCUT2D eigenvalue weighted by Gasteiger charge is -2.23. The minimum Gasteiger partial charge on any atom is -0.315 e. The molecule has 0 spiro atoms. The van der Waals surface area contributed by atoms with Gasteiger partial charge < -0.3 is 5.32 Å². The molecule has 1 aliphatic rings. The summed E-state index contributed by atoms with van der Waals surface area (Å²) >= 11 is 0. The van der Waals surface area contributed by atoms with Gasteiger partial charge in [-0.15, -0.1) is 0 Å². The molecule has 1 aromatic rings. The van der Waals surface area contributed by atoms with Crippen molar-refractivity contribution in [1.82, 2.24) is 10.0 Å². The first-order chi connectivity index (χ1) is 9.81. The van der Waals surface area contributed by atoms with Crippen LogP contribution in [-0.4, -0.2) is 32.5 Å². The van der Waals surface area contributed by atoms with Gasteiger partial charge in [-0.25, -0.2) is 13.1 Å². The minimum absolute atomic E-state index is 0.0529. The van der Waals surface area contributed by atoms with Crippen LogP contribution in [0.4, 0.5) is 5.69 Å². The van der Waals surface area contributed by atoms with Crippen LogP contribution in [0, 0.1) is 24.0 Å². The molecule has 7 nitrogen and oxygen atoms in total. The normalized spacial score (nSPS) is 19.4. The average Bonchev–Trinajstić information content (AvgIpc) is 2.41. The lowest BCUT2D eigenvalue weighted by molar-refractivity contribution is -0.385. The van der Waals surface area contributed by atoms with E-state index in [1.807, 2.05) is 0 Å². The number of aryl methyl sites for hydroxylation is 1. The third kappa shape index (κ3) is 3.58. The van der Waals surface area contributed by atoms with Crippen LogP contribution in [0.15, 0.2) is 17.0 Å². The molecule has 8 heteroatoms. The van der Waals surface area contributed by atoms with E-state index in [2.05, 4.69) is 10.0 Å². The summed E-state index contributed by atoms with van der Waals surface area (Å²) < 4.78 is 27.4. The van der Waals surface area contributed by atoms with Crippen molar-refractivity contribution in [3.05, 3.63) is 33.4 Å². The Balaban J connectivity index is 2.33. The maximum absolute atomic E-state index is 12.4. The predicted octanol–water partition coefficient (Wildman–Crippen LogP) is 1.24. The SMILES string of the molecule is Cc1cc(S(=O)(=O)N[C@H]2CCCNC2)cc([N+](=O)[O-])c1C. The Morgan fingerprint density at radius 3 is 2.67 bits per heavy atom. The van der Waals surface area contributed by atoms with Crippen molar-refractivity contribution in [2.75, 3.05) is 13.1 Å². The zero-order valence-corrected chi connectivity index (χ0v) is 12.9. The number of nitrogens with one attached hydrogen (secondary N) is 2. The van der Waals surface area contributed by atoms with Gasteiger partial charge in [0.1, 0.15) is 0 Å². The van der Waals surface area contributed by atoms with E-state index in [9.17, 15) is 18.5 Å². The monoisotopic (exact) mass is 313 g/mol. The topological polar surface area (TPSA) is 101 Å². The Labute approximate surface area is 123 Å². The summed E-state index contributed by atoms with van der Waals surface area (Å²) in [4.78, 5) is 10.4. The molecular formula is C13H19N3O4S. The number of rotatable bonds is 4. The van der Waals surface area contributed by atoms with Gasteiger partial charge >= 0.3 is 0 Å². The zero-order chi connectivity index (χ0) is 15.6. The van der Waals surface area contributed by atoms with Gasteiger partial charge in [-0.3, -0.25) is 10.1 Å². The van der Waals surface area contributed by atoms with Gasteiger partial charge in [0.05, 0.1) is 9.82 Å². The fraction of sp³-hybridized carbons (Fsp3) is 0.538. The Morgan fingerprint density at radius 1 is 1.38 bits per heavy atom. The van der Waals surface area contributed by atoms with E-state index in [0.717, 1.165) is 25.5 Å². The average molecular weight is 313 g/mol. The summed E-state index contributed by atoms with van der Waals surface area (Å²) in [5.74, 6) is 0. The van der Waals surface area contributed by atoms with Crippen molar-refractivity contribution in [3.63, 3.8) is 0 Å². The van der Waals surface area contributed by atoms with Gasteiger partial charge in [-0.1, -0.05) is 0 Å². The lowest BCUT2D eigenvalue weighted by atomic mass is 10.1. The van der Waals surface area contributed by atoms with Crippen LogP contribution < -0.4 is 10.0 Å². The number of sulfonamides is 1. The quantitative estimate of drug-likeness (QED) is 0.643. The highest BCUT2D eigenvalue weighted by molar-refractivity contribution is 7.89. The number of piperidine rings is 1. The van der Waals surface area contributed by atoms with E-state index in [1.54, 1.807) is 13.8 Å². The summed E-state index contributed by atoms with van der Waals surface area (Å²) in [5.41, 5.74) is 0.904. The highest BCUT2D eigenvalue weighted by Gasteiger charge is 2.25. The molecule has 116 valence electrons. The molecule has 1 saturated heterocycles.